The number of rotatable bonds is 4. The molecule has 3 aromatic rings. The lowest BCUT2D eigenvalue weighted by molar-refractivity contribution is 0.0966. The smallest absolute Gasteiger partial charge is 0.254 e. The van der Waals surface area contributed by atoms with Crippen molar-refractivity contribution in [1.82, 2.24) is 25.0 Å². The van der Waals surface area contributed by atoms with E-state index in [1.165, 1.54) is 5.69 Å². The third-order valence-electron chi connectivity index (χ3n) is 7.46. The van der Waals surface area contributed by atoms with Crippen LogP contribution in [0.15, 0.2) is 36.7 Å². The van der Waals surface area contributed by atoms with Crippen molar-refractivity contribution >= 4 is 23.1 Å². The van der Waals surface area contributed by atoms with Crippen LogP contribution in [0, 0.1) is 5.92 Å². The van der Waals surface area contributed by atoms with Crippen molar-refractivity contribution in [2.45, 2.75) is 32.9 Å². The number of carbonyl (C=O) groups excluding carboxylic acids is 1. The summed E-state index contributed by atoms with van der Waals surface area (Å²) in [6, 6.07) is 8.23. The lowest BCUT2D eigenvalue weighted by Gasteiger charge is -2.33. The molecular formula is C26H31N7O. The molecule has 0 radical (unpaired) electrons. The predicted octanol–water partition coefficient (Wildman–Crippen LogP) is 3.27. The number of anilines is 3. The highest BCUT2D eigenvalue weighted by molar-refractivity contribution is 6.06. The van der Waals surface area contributed by atoms with Gasteiger partial charge >= 0.3 is 0 Å². The van der Waals surface area contributed by atoms with Gasteiger partial charge in [0.2, 0.25) is 0 Å². The number of benzene rings is 1. The minimum atomic E-state index is -0.0391. The standard InChI is InChI=1S/C26H31N7O/c1-17-7-8-33-23(13-17)20(16-29-33)19-4-5-22(25-21(19)15-28-26(25)34)30-24-6-3-18(14-27-24)32-11-9-31(2)10-12-32/h3-6,14,16-17H,7-13,15H2,1-2H3,(H,27,30)(H,28,34)/t17-/m1/s1. The lowest BCUT2D eigenvalue weighted by atomic mass is 9.91. The molecule has 1 fully saturated rings. The van der Waals surface area contributed by atoms with Gasteiger partial charge in [0.1, 0.15) is 5.82 Å². The molecule has 0 aliphatic carbocycles. The highest BCUT2D eigenvalue weighted by atomic mass is 16.1. The van der Waals surface area contributed by atoms with E-state index in [9.17, 15) is 4.79 Å². The maximum atomic E-state index is 12.8. The quantitative estimate of drug-likeness (QED) is 0.626. The molecule has 2 N–H and O–H groups in total. The Kier molecular flexibility index (Phi) is 5.25. The first-order chi connectivity index (χ1) is 16.6. The summed E-state index contributed by atoms with van der Waals surface area (Å²) >= 11 is 0. The number of piperazine rings is 1. The van der Waals surface area contributed by atoms with Gasteiger partial charge in [-0.25, -0.2) is 4.98 Å². The monoisotopic (exact) mass is 457 g/mol. The van der Waals surface area contributed by atoms with E-state index in [-0.39, 0.29) is 5.91 Å². The lowest BCUT2D eigenvalue weighted by Crippen LogP contribution is -2.44. The minimum absolute atomic E-state index is 0.0391. The Bertz CT molecular complexity index is 1220. The van der Waals surface area contributed by atoms with Crippen molar-refractivity contribution in [2.75, 3.05) is 43.4 Å². The maximum absolute atomic E-state index is 12.8. The number of pyridine rings is 1. The van der Waals surface area contributed by atoms with E-state index < -0.39 is 0 Å². The van der Waals surface area contributed by atoms with Gasteiger partial charge in [-0.1, -0.05) is 13.0 Å². The second-order valence-corrected chi connectivity index (χ2v) is 9.84. The van der Waals surface area contributed by atoms with E-state index in [0.717, 1.165) is 79.4 Å². The third kappa shape index (κ3) is 3.72. The van der Waals surface area contributed by atoms with Crippen LogP contribution >= 0.6 is 0 Å². The zero-order valence-electron chi connectivity index (χ0n) is 19.8. The molecule has 0 unspecified atom stereocenters. The largest absolute Gasteiger partial charge is 0.368 e. The summed E-state index contributed by atoms with van der Waals surface area (Å²) in [7, 11) is 2.16. The molecule has 0 spiro atoms. The predicted molar refractivity (Wildman–Crippen MR) is 134 cm³/mol. The van der Waals surface area contributed by atoms with Crippen molar-refractivity contribution in [1.29, 1.82) is 0 Å². The van der Waals surface area contributed by atoms with Gasteiger partial charge in [-0.2, -0.15) is 5.10 Å². The molecule has 1 amide bonds. The van der Waals surface area contributed by atoms with Crippen LogP contribution in [0.25, 0.3) is 11.1 Å². The SMILES string of the molecule is C[C@@H]1CCn2ncc(-c3ccc(Nc4ccc(N5CCN(C)CC5)cn4)c4c3CNC4=O)c2C1. The van der Waals surface area contributed by atoms with E-state index in [4.69, 9.17) is 0 Å². The minimum Gasteiger partial charge on any atom is -0.368 e. The summed E-state index contributed by atoms with van der Waals surface area (Å²) in [5.41, 5.74) is 7.22. The Morgan fingerprint density at radius 1 is 1.03 bits per heavy atom. The Hall–Kier alpha value is -3.39. The van der Waals surface area contributed by atoms with Gasteiger partial charge in [-0.3, -0.25) is 9.48 Å². The fourth-order valence-corrected chi connectivity index (χ4v) is 5.37. The Morgan fingerprint density at radius 2 is 1.88 bits per heavy atom. The number of fused-ring (bicyclic) bond motifs is 2. The van der Waals surface area contributed by atoms with Crippen molar-refractivity contribution < 1.29 is 4.79 Å². The van der Waals surface area contributed by atoms with Gasteiger partial charge < -0.3 is 20.4 Å². The summed E-state index contributed by atoms with van der Waals surface area (Å²) in [6.45, 7) is 7.94. The summed E-state index contributed by atoms with van der Waals surface area (Å²) in [6.07, 6.45) is 6.07. The second kappa shape index (κ2) is 8.43. The first-order valence-corrected chi connectivity index (χ1v) is 12.2. The molecule has 1 aromatic carbocycles. The summed E-state index contributed by atoms with van der Waals surface area (Å²) < 4.78 is 2.13. The molecule has 0 bridgehead atoms. The van der Waals surface area contributed by atoms with E-state index in [1.807, 2.05) is 24.5 Å². The summed E-state index contributed by atoms with van der Waals surface area (Å²) in [4.78, 5) is 22.2. The van der Waals surface area contributed by atoms with E-state index >= 15 is 0 Å². The number of likely N-dealkylation sites (N-methyl/N-ethyl adjacent to an activating group) is 1. The Morgan fingerprint density at radius 3 is 2.68 bits per heavy atom. The van der Waals surface area contributed by atoms with Crippen molar-refractivity contribution in [3.05, 3.63) is 53.5 Å². The van der Waals surface area contributed by atoms with Crippen LogP contribution < -0.4 is 15.5 Å². The number of nitrogens with one attached hydrogen (secondary N) is 2. The molecule has 176 valence electrons. The van der Waals surface area contributed by atoms with Gasteiger partial charge in [0.15, 0.2) is 0 Å². The third-order valence-corrected chi connectivity index (χ3v) is 7.46. The van der Waals surface area contributed by atoms with Crippen LogP contribution in [0.4, 0.5) is 17.2 Å². The maximum Gasteiger partial charge on any atom is 0.254 e. The number of nitrogens with zero attached hydrogens (tertiary/aromatic N) is 5. The fraction of sp³-hybridized carbons (Fsp3) is 0.423. The van der Waals surface area contributed by atoms with E-state index in [0.29, 0.717) is 18.0 Å². The highest BCUT2D eigenvalue weighted by Gasteiger charge is 2.29. The van der Waals surface area contributed by atoms with Crippen LogP contribution in [0.2, 0.25) is 0 Å². The van der Waals surface area contributed by atoms with E-state index in [1.54, 1.807) is 0 Å². The number of carbonyl (C=O) groups is 1. The highest BCUT2D eigenvalue weighted by Crippen LogP contribution is 2.38. The van der Waals surface area contributed by atoms with Gasteiger partial charge in [-0.05, 0) is 55.1 Å². The average Bonchev–Trinajstić information content (AvgIpc) is 3.44. The molecule has 3 aliphatic rings. The van der Waals surface area contributed by atoms with Crippen LogP contribution in [0.3, 0.4) is 0 Å². The molecule has 2 aromatic heterocycles. The van der Waals surface area contributed by atoms with E-state index in [2.05, 4.69) is 61.3 Å². The average molecular weight is 458 g/mol. The van der Waals surface area contributed by atoms with Gasteiger partial charge in [0.05, 0.1) is 29.3 Å². The summed E-state index contributed by atoms with van der Waals surface area (Å²) in [5.74, 6) is 1.35. The first kappa shape index (κ1) is 21.2. The van der Waals surface area contributed by atoms with Crippen molar-refractivity contribution in [3.63, 3.8) is 0 Å². The van der Waals surface area contributed by atoms with Crippen LogP contribution in [-0.4, -0.2) is 58.8 Å². The Balaban J connectivity index is 1.28. The molecule has 8 nitrogen and oxygen atoms in total. The molecule has 6 rings (SSSR count). The normalized spacial score (nSPS) is 20.1. The van der Waals surface area contributed by atoms with Crippen LogP contribution in [0.5, 0.6) is 0 Å². The van der Waals surface area contributed by atoms with Crippen molar-refractivity contribution in [2.24, 2.45) is 5.92 Å². The number of aromatic nitrogens is 3. The second-order valence-electron chi connectivity index (χ2n) is 9.84. The number of amides is 1. The molecule has 8 heteroatoms. The zero-order chi connectivity index (χ0) is 23.2. The molecular weight excluding hydrogens is 426 g/mol. The zero-order valence-corrected chi connectivity index (χ0v) is 19.8. The molecule has 34 heavy (non-hydrogen) atoms. The number of aryl methyl sites for hydroxylation is 1. The van der Waals surface area contributed by atoms with Crippen LogP contribution in [-0.2, 0) is 19.5 Å². The van der Waals surface area contributed by atoms with Crippen molar-refractivity contribution in [3.8, 4) is 11.1 Å². The first-order valence-electron chi connectivity index (χ1n) is 12.2. The topological polar surface area (TPSA) is 78.3 Å². The van der Waals surface area contributed by atoms with Gasteiger partial charge in [-0.15, -0.1) is 0 Å². The molecule has 3 aliphatic heterocycles. The van der Waals surface area contributed by atoms with Gasteiger partial charge in [0, 0.05) is 50.5 Å². The summed E-state index contributed by atoms with van der Waals surface area (Å²) in [5, 5.41) is 11.0. The molecule has 1 atom stereocenters. The molecule has 0 saturated carbocycles. The van der Waals surface area contributed by atoms with Gasteiger partial charge in [0.25, 0.3) is 5.91 Å². The molecule has 5 heterocycles. The number of hydrogen-bond acceptors (Lipinski definition) is 6. The Labute approximate surface area is 200 Å². The number of hydrogen-bond donors (Lipinski definition) is 2. The fourth-order valence-electron chi connectivity index (χ4n) is 5.37. The molecule has 1 saturated heterocycles. The van der Waals surface area contributed by atoms with Crippen LogP contribution in [0.1, 0.15) is 35.0 Å².